The van der Waals surface area contributed by atoms with Crippen molar-refractivity contribution in [2.75, 3.05) is 13.2 Å². The molecule has 0 aromatic heterocycles. The van der Waals surface area contributed by atoms with E-state index in [0.29, 0.717) is 25.2 Å². The van der Waals surface area contributed by atoms with Gasteiger partial charge in [0.2, 0.25) is 0 Å². The molecule has 22 heavy (non-hydrogen) atoms. The monoisotopic (exact) mass is 305 g/mol. The number of likely N-dealkylation sites (tertiary alicyclic amines) is 1. The normalized spacial score (nSPS) is 24.2. The van der Waals surface area contributed by atoms with Crippen LogP contribution in [0.1, 0.15) is 52.0 Å². The Labute approximate surface area is 135 Å². The first-order chi connectivity index (χ1) is 10.6. The lowest BCUT2D eigenvalue weighted by Crippen LogP contribution is -2.48. The third-order valence-corrected chi connectivity index (χ3v) is 4.70. The minimum atomic E-state index is -0.432. The Balaban J connectivity index is 1.78. The van der Waals surface area contributed by atoms with Crippen molar-refractivity contribution in [1.82, 2.24) is 4.90 Å². The fourth-order valence-corrected chi connectivity index (χ4v) is 3.36. The smallest absolute Gasteiger partial charge is 0.119 e. The van der Waals surface area contributed by atoms with E-state index in [1.54, 1.807) is 0 Å². The highest BCUT2D eigenvalue weighted by atomic mass is 16.5. The van der Waals surface area contributed by atoms with Crippen LogP contribution in [0.5, 0.6) is 5.75 Å². The number of β-amino-alcohol motifs (C(OH)–C–C–N with tert-alkyl or cyclic N) is 1. The molecular weight excluding hydrogens is 274 g/mol. The summed E-state index contributed by atoms with van der Waals surface area (Å²) in [7, 11) is 0. The zero-order chi connectivity index (χ0) is 15.9. The average Bonchev–Trinajstić information content (AvgIpc) is 2.51. The number of rotatable bonds is 7. The van der Waals surface area contributed by atoms with Crippen LogP contribution in [0, 0.1) is 0 Å². The molecule has 1 N–H and O–H groups in total. The first kappa shape index (κ1) is 17.3. The van der Waals surface area contributed by atoms with Crippen LogP contribution in [0.3, 0.4) is 0 Å². The highest BCUT2D eigenvalue weighted by Crippen LogP contribution is 2.22. The van der Waals surface area contributed by atoms with Gasteiger partial charge < -0.3 is 9.84 Å². The van der Waals surface area contributed by atoms with Crippen molar-refractivity contribution < 1.29 is 9.84 Å². The SMILES string of the molecule is CCCc1ccc(OC[C@@H](O)CN2[C@H](C)CCC[C@@H]2C)cc1. The molecule has 0 bridgehead atoms. The maximum atomic E-state index is 10.3. The standard InChI is InChI=1S/C19H31NO2/c1-4-6-17-9-11-19(12-10-17)22-14-18(21)13-20-15(2)7-5-8-16(20)3/h9-12,15-16,18,21H,4-8,13-14H2,1-3H3/t15-,16+,18-/m0/s1. The Kier molecular flexibility index (Phi) is 6.71. The molecule has 0 amide bonds. The minimum absolute atomic E-state index is 0.364. The maximum Gasteiger partial charge on any atom is 0.119 e. The molecular formula is C19H31NO2. The van der Waals surface area contributed by atoms with Crippen LogP contribution in [-0.2, 0) is 6.42 Å². The number of hydrogen-bond donors (Lipinski definition) is 1. The topological polar surface area (TPSA) is 32.7 Å². The molecule has 1 fully saturated rings. The van der Waals surface area contributed by atoms with Gasteiger partial charge in [0, 0.05) is 18.6 Å². The van der Waals surface area contributed by atoms with Crippen molar-refractivity contribution >= 4 is 0 Å². The van der Waals surface area contributed by atoms with Gasteiger partial charge in [-0.15, -0.1) is 0 Å². The Morgan fingerprint density at radius 2 is 1.82 bits per heavy atom. The predicted octanol–water partition coefficient (Wildman–Crippen LogP) is 3.64. The van der Waals surface area contributed by atoms with Gasteiger partial charge in [0.25, 0.3) is 0 Å². The fraction of sp³-hybridized carbons (Fsp3) is 0.684. The molecule has 0 spiro atoms. The molecule has 124 valence electrons. The van der Waals surface area contributed by atoms with Crippen LogP contribution in [0.2, 0.25) is 0 Å². The first-order valence-electron chi connectivity index (χ1n) is 8.75. The van der Waals surface area contributed by atoms with Gasteiger partial charge in [0.05, 0.1) is 0 Å². The van der Waals surface area contributed by atoms with E-state index in [1.807, 2.05) is 12.1 Å². The third kappa shape index (κ3) is 4.99. The largest absolute Gasteiger partial charge is 0.491 e. The first-order valence-corrected chi connectivity index (χ1v) is 8.75. The van der Waals surface area contributed by atoms with E-state index in [-0.39, 0.29) is 0 Å². The highest BCUT2D eigenvalue weighted by molar-refractivity contribution is 5.27. The molecule has 3 nitrogen and oxygen atoms in total. The quantitative estimate of drug-likeness (QED) is 0.835. The molecule has 1 heterocycles. The van der Waals surface area contributed by atoms with Gasteiger partial charge in [0.15, 0.2) is 0 Å². The van der Waals surface area contributed by atoms with Gasteiger partial charge in [-0.25, -0.2) is 0 Å². The van der Waals surface area contributed by atoms with Gasteiger partial charge in [-0.05, 0) is 50.8 Å². The predicted molar refractivity (Wildman–Crippen MR) is 91.4 cm³/mol. The lowest BCUT2D eigenvalue weighted by atomic mass is 9.97. The van der Waals surface area contributed by atoms with Crippen molar-refractivity contribution in [3.05, 3.63) is 29.8 Å². The summed E-state index contributed by atoms with van der Waals surface area (Å²) in [5.41, 5.74) is 1.34. The average molecular weight is 305 g/mol. The summed E-state index contributed by atoms with van der Waals surface area (Å²) < 4.78 is 5.74. The number of aliphatic hydroxyl groups excluding tert-OH is 1. The van der Waals surface area contributed by atoms with Crippen LogP contribution in [-0.4, -0.2) is 41.3 Å². The molecule has 1 aromatic rings. The van der Waals surface area contributed by atoms with E-state index in [0.717, 1.165) is 18.6 Å². The van der Waals surface area contributed by atoms with E-state index >= 15 is 0 Å². The summed E-state index contributed by atoms with van der Waals surface area (Å²) in [5.74, 6) is 0.846. The number of ether oxygens (including phenoxy) is 1. The Morgan fingerprint density at radius 3 is 2.41 bits per heavy atom. The number of piperidine rings is 1. The molecule has 1 aliphatic heterocycles. The molecule has 3 heteroatoms. The van der Waals surface area contributed by atoms with Crippen molar-refractivity contribution in [2.45, 2.75) is 71.1 Å². The van der Waals surface area contributed by atoms with Gasteiger partial charge in [0.1, 0.15) is 18.5 Å². The minimum Gasteiger partial charge on any atom is -0.491 e. The van der Waals surface area contributed by atoms with E-state index in [2.05, 4.69) is 37.8 Å². The lowest BCUT2D eigenvalue weighted by Gasteiger charge is -2.40. The fourth-order valence-electron chi connectivity index (χ4n) is 3.36. The number of aliphatic hydroxyl groups is 1. The van der Waals surface area contributed by atoms with Gasteiger partial charge in [-0.3, -0.25) is 4.90 Å². The van der Waals surface area contributed by atoms with Gasteiger partial charge in [-0.1, -0.05) is 31.9 Å². The second kappa shape index (κ2) is 8.54. The number of aryl methyl sites for hydroxylation is 1. The zero-order valence-electron chi connectivity index (χ0n) is 14.3. The molecule has 1 aliphatic rings. The molecule has 0 aliphatic carbocycles. The molecule has 0 saturated carbocycles. The molecule has 1 saturated heterocycles. The highest BCUT2D eigenvalue weighted by Gasteiger charge is 2.26. The Morgan fingerprint density at radius 1 is 1.18 bits per heavy atom. The van der Waals surface area contributed by atoms with Crippen LogP contribution in [0.25, 0.3) is 0 Å². The number of hydrogen-bond acceptors (Lipinski definition) is 3. The molecule has 0 unspecified atom stereocenters. The third-order valence-electron chi connectivity index (χ3n) is 4.70. The summed E-state index contributed by atoms with van der Waals surface area (Å²) >= 11 is 0. The number of nitrogens with zero attached hydrogens (tertiary/aromatic N) is 1. The maximum absolute atomic E-state index is 10.3. The second-order valence-electron chi connectivity index (χ2n) is 6.68. The molecule has 0 radical (unpaired) electrons. The van der Waals surface area contributed by atoms with E-state index in [4.69, 9.17) is 4.74 Å². The van der Waals surface area contributed by atoms with Crippen molar-refractivity contribution in [3.8, 4) is 5.75 Å². The summed E-state index contributed by atoms with van der Waals surface area (Å²) in [4.78, 5) is 2.42. The van der Waals surface area contributed by atoms with Crippen molar-refractivity contribution in [3.63, 3.8) is 0 Å². The molecule has 2 rings (SSSR count). The van der Waals surface area contributed by atoms with E-state index in [9.17, 15) is 5.11 Å². The summed E-state index contributed by atoms with van der Waals surface area (Å²) in [6, 6.07) is 9.35. The van der Waals surface area contributed by atoms with Crippen LogP contribution in [0.4, 0.5) is 0 Å². The number of benzene rings is 1. The van der Waals surface area contributed by atoms with Crippen LogP contribution < -0.4 is 4.74 Å². The van der Waals surface area contributed by atoms with E-state index in [1.165, 1.54) is 24.8 Å². The van der Waals surface area contributed by atoms with Crippen molar-refractivity contribution in [2.24, 2.45) is 0 Å². The Hall–Kier alpha value is -1.06. The zero-order valence-corrected chi connectivity index (χ0v) is 14.3. The van der Waals surface area contributed by atoms with Gasteiger partial charge in [-0.2, -0.15) is 0 Å². The Bertz CT molecular complexity index is 422. The summed E-state index contributed by atoms with van der Waals surface area (Å²) in [6.07, 6.45) is 5.60. The van der Waals surface area contributed by atoms with Gasteiger partial charge >= 0.3 is 0 Å². The molecule has 3 atom stereocenters. The van der Waals surface area contributed by atoms with Crippen LogP contribution in [0.15, 0.2) is 24.3 Å². The lowest BCUT2D eigenvalue weighted by molar-refractivity contribution is 0.0209. The summed E-state index contributed by atoms with van der Waals surface area (Å²) in [5, 5.41) is 10.3. The van der Waals surface area contributed by atoms with Crippen LogP contribution >= 0.6 is 0 Å². The summed E-state index contributed by atoms with van der Waals surface area (Å²) in [6.45, 7) is 7.77. The van der Waals surface area contributed by atoms with E-state index < -0.39 is 6.10 Å². The molecule has 1 aromatic carbocycles. The second-order valence-corrected chi connectivity index (χ2v) is 6.68. The van der Waals surface area contributed by atoms with Crippen molar-refractivity contribution in [1.29, 1.82) is 0 Å².